The number of carbonyl (C=O) groups is 1. The van der Waals surface area contributed by atoms with Crippen LogP contribution in [-0.4, -0.2) is 30.5 Å². The Hall–Kier alpha value is -2.90. The van der Waals surface area contributed by atoms with Crippen LogP contribution in [0.3, 0.4) is 0 Å². The Morgan fingerprint density at radius 3 is 2.79 bits per heavy atom. The first-order chi connectivity index (χ1) is 9.15. The van der Waals surface area contributed by atoms with Crippen LogP contribution in [0.4, 0.5) is 11.8 Å². The summed E-state index contributed by atoms with van der Waals surface area (Å²) in [5, 5.41) is 7.34. The molecule has 0 aliphatic heterocycles. The summed E-state index contributed by atoms with van der Waals surface area (Å²) in [4.78, 5) is 16.4. The average Bonchev–Trinajstić information content (AvgIpc) is 2.91. The second-order valence-corrected chi connectivity index (χ2v) is 4.03. The number of rotatable bonds is 2. The molecule has 0 fully saturated rings. The van der Waals surface area contributed by atoms with Crippen LogP contribution in [0.15, 0.2) is 30.5 Å². The number of carbonyl (C=O) groups excluding carboxylic acids is 1. The van der Waals surface area contributed by atoms with Crippen molar-refractivity contribution in [2.75, 3.05) is 11.5 Å². The highest BCUT2D eigenvalue weighted by Gasteiger charge is 2.15. The zero-order valence-electron chi connectivity index (χ0n) is 9.89. The standard InChI is InChI=1S/C11H11N7O/c12-9-5-17(16-15-9)6-10(19)18-8-4-2-1-3-7(8)14-11(18)13/h1-5H,6,12H2,(H2,13,14). The molecule has 2 aromatic heterocycles. The zero-order chi connectivity index (χ0) is 13.4. The van der Waals surface area contributed by atoms with Crippen LogP contribution in [-0.2, 0) is 6.54 Å². The second kappa shape index (κ2) is 4.09. The van der Waals surface area contributed by atoms with Crippen LogP contribution in [0, 0.1) is 0 Å². The lowest BCUT2D eigenvalue weighted by atomic mass is 10.3. The molecule has 96 valence electrons. The first-order valence-corrected chi connectivity index (χ1v) is 5.57. The largest absolute Gasteiger partial charge is 0.381 e. The van der Waals surface area contributed by atoms with Gasteiger partial charge in [0.05, 0.1) is 17.2 Å². The Morgan fingerprint density at radius 1 is 1.26 bits per heavy atom. The second-order valence-electron chi connectivity index (χ2n) is 4.03. The third kappa shape index (κ3) is 1.88. The number of nitrogens with two attached hydrogens (primary N) is 2. The number of anilines is 2. The van der Waals surface area contributed by atoms with Crippen molar-refractivity contribution in [2.24, 2.45) is 0 Å². The molecule has 0 aliphatic rings. The van der Waals surface area contributed by atoms with E-state index in [1.807, 2.05) is 12.1 Å². The van der Waals surface area contributed by atoms with E-state index in [0.29, 0.717) is 11.0 Å². The van der Waals surface area contributed by atoms with E-state index in [1.165, 1.54) is 15.4 Å². The maximum Gasteiger partial charge on any atom is 0.255 e. The number of hydrogen-bond donors (Lipinski definition) is 2. The molecule has 0 radical (unpaired) electrons. The van der Waals surface area contributed by atoms with Gasteiger partial charge in [-0.2, -0.15) is 0 Å². The molecule has 0 saturated heterocycles. The number of benzene rings is 1. The number of para-hydroxylation sites is 2. The molecule has 0 saturated carbocycles. The highest BCUT2D eigenvalue weighted by atomic mass is 16.2. The first-order valence-electron chi connectivity index (χ1n) is 5.57. The quantitative estimate of drug-likeness (QED) is 0.673. The van der Waals surface area contributed by atoms with E-state index < -0.39 is 0 Å². The first kappa shape index (κ1) is 11.2. The number of nitrogen functional groups attached to an aromatic ring is 2. The van der Waals surface area contributed by atoms with Crippen LogP contribution in [0.1, 0.15) is 4.79 Å². The van der Waals surface area contributed by atoms with E-state index in [1.54, 1.807) is 12.1 Å². The van der Waals surface area contributed by atoms with Crippen LogP contribution in [0.25, 0.3) is 11.0 Å². The molecular weight excluding hydrogens is 246 g/mol. The van der Waals surface area contributed by atoms with Crippen molar-refractivity contribution in [1.29, 1.82) is 0 Å². The summed E-state index contributed by atoms with van der Waals surface area (Å²) >= 11 is 0. The molecule has 8 nitrogen and oxygen atoms in total. The average molecular weight is 257 g/mol. The predicted octanol–water partition coefficient (Wildman–Crippen LogP) is 0.133. The fraction of sp³-hybridized carbons (Fsp3) is 0.0909. The molecule has 0 bridgehead atoms. The molecule has 19 heavy (non-hydrogen) atoms. The fourth-order valence-electron chi connectivity index (χ4n) is 1.91. The van der Waals surface area contributed by atoms with E-state index >= 15 is 0 Å². The van der Waals surface area contributed by atoms with Crippen LogP contribution < -0.4 is 11.5 Å². The van der Waals surface area contributed by atoms with Gasteiger partial charge in [-0.1, -0.05) is 17.3 Å². The predicted molar refractivity (Wildman–Crippen MR) is 69.2 cm³/mol. The van der Waals surface area contributed by atoms with Crippen molar-refractivity contribution in [3.63, 3.8) is 0 Å². The molecular formula is C11H11N7O. The molecule has 8 heteroatoms. The van der Waals surface area contributed by atoms with Gasteiger partial charge in [-0.3, -0.25) is 4.79 Å². The minimum Gasteiger partial charge on any atom is -0.381 e. The van der Waals surface area contributed by atoms with Gasteiger partial charge in [0.1, 0.15) is 6.54 Å². The van der Waals surface area contributed by atoms with Gasteiger partial charge < -0.3 is 11.5 Å². The lowest BCUT2D eigenvalue weighted by Gasteiger charge is -2.04. The summed E-state index contributed by atoms with van der Waals surface area (Å²) in [6.07, 6.45) is 1.48. The normalized spacial score (nSPS) is 10.9. The number of nitrogens with zero attached hydrogens (tertiary/aromatic N) is 5. The van der Waals surface area contributed by atoms with Crippen molar-refractivity contribution in [3.05, 3.63) is 30.5 Å². The van der Waals surface area contributed by atoms with Gasteiger partial charge in [0.2, 0.25) is 5.95 Å². The van der Waals surface area contributed by atoms with Gasteiger partial charge in [-0.25, -0.2) is 14.2 Å². The minimum absolute atomic E-state index is 0.00520. The van der Waals surface area contributed by atoms with Crippen LogP contribution in [0.2, 0.25) is 0 Å². The molecule has 1 aromatic carbocycles. The van der Waals surface area contributed by atoms with E-state index in [2.05, 4.69) is 15.3 Å². The third-order valence-corrected chi connectivity index (χ3v) is 2.69. The van der Waals surface area contributed by atoms with Crippen molar-refractivity contribution < 1.29 is 4.79 Å². The van der Waals surface area contributed by atoms with Crippen molar-refractivity contribution in [2.45, 2.75) is 6.54 Å². The maximum absolute atomic E-state index is 12.2. The van der Waals surface area contributed by atoms with E-state index in [4.69, 9.17) is 11.5 Å². The summed E-state index contributed by atoms with van der Waals surface area (Å²) < 4.78 is 2.71. The third-order valence-electron chi connectivity index (χ3n) is 2.69. The Kier molecular flexibility index (Phi) is 2.41. The van der Waals surface area contributed by atoms with Crippen molar-refractivity contribution in [3.8, 4) is 0 Å². The Bertz CT molecular complexity index is 757. The van der Waals surface area contributed by atoms with Gasteiger partial charge in [0, 0.05) is 0 Å². The number of hydrogen-bond acceptors (Lipinski definition) is 6. The topological polar surface area (TPSA) is 118 Å². The van der Waals surface area contributed by atoms with Gasteiger partial charge in [0.25, 0.3) is 5.91 Å². The highest BCUT2D eigenvalue weighted by molar-refractivity contribution is 5.93. The van der Waals surface area contributed by atoms with Gasteiger partial charge in [0.15, 0.2) is 5.82 Å². The summed E-state index contributed by atoms with van der Waals surface area (Å²) in [7, 11) is 0. The lowest BCUT2D eigenvalue weighted by Crippen LogP contribution is -2.20. The molecule has 3 aromatic rings. The van der Waals surface area contributed by atoms with E-state index in [-0.39, 0.29) is 24.2 Å². The molecule has 0 unspecified atom stereocenters. The van der Waals surface area contributed by atoms with E-state index in [9.17, 15) is 4.79 Å². The maximum atomic E-state index is 12.2. The summed E-state index contributed by atoms with van der Waals surface area (Å²) in [6.45, 7) is -0.00520. The lowest BCUT2D eigenvalue weighted by molar-refractivity contribution is 0.0893. The molecule has 0 spiro atoms. The summed E-state index contributed by atoms with van der Waals surface area (Å²) in [5.74, 6) is 0.159. The van der Waals surface area contributed by atoms with Gasteiger partial charge in [-0.15, -0.1) is 5.10 Å². The summed E-state index contributed by atoms with van der Waals surface area (Å²) in [6, 6.07) is 7.23. The van der Waals surface area contributed by atoms with Crippen LogP contribution in [0.5, 0.6) is 0 Å². The van der Waals surface area contributed by atoms with Gasteiger partial charge >= 0.3 is 0 Å². The number of imidazole rings is 1. The van der Waals surface area contributed by atoms with Crippen molar-refractivity contribution >= 4 is 28.7 Å². The minimum atomic E-state index is -0.254. The SMILES string of the molecule is Nc1cn(CC(=O)n2c(N)nc3ccccc32)nn1. The smallest absolute Gasteiger partial charge is 0.255 e. The Morgan fingerprint density at radius 2 is 2.05 bits per heavy atom. The fourth-order valence-corrected chi connectivity index (χ4v) is 1.91. The highest BCUT2D eigenvalue weighted by Crippen LogP contribution is 2.17. The molecule has 0 atom stereocenters. The molecule has 0 aliphatic carbocycles. The number of fused-ring (bicyclic) bond motifs is 1. The number of aromatic nitrogens is 5. The van der Waals surface area contributed by atoms with E-state index in [0.717, 1.165) is 0 Å². The van der Waals surface area contributed by atoms with Crippen molar-refractivity contribution in [1.82, 2.24) is 24.5 Å². The Labute approximate surface area is 107 Å². The zero-order valence-corrected chi connectivity index (χ0v) is 9.89. The molecule has 2 heterocycles. The van der Waals surface area contributed by atoms with Gasteiger partial charge in [-0.05, 0) is 12.1 Å². The molecule has 0 amide bonds. The Balaban J connectivity index is 1.99. The molecule has 4 N–H and O–H groups in total. The summed E-state index contributed by atoms with van der Waals surface area (Å²) in [5.41, 5.74) is 12.6. The van der Waals surface area contributed by atoms with Crippen LogP contribution >= 0.6 is 0 Å². The molecule has 3 rings (SSSR count). The monoisotopic (exact) mass is 257 g/mol.